The number of rotatable bonds is 4. The van der Waals surface area contributed by atoms with Gasteiger partial charge in [-0.25, -0.2) is 0 Å². The number of hydrogen-bond donors (Lipinski definition) is 1. The molecule has 0 aliphatic heterocycles. The summed E-state index contributed by atoms with van der Waals surface area (Å²) in [6.07, 6.45) is 0. The second kappa shape index (κ2) is 5.12. The lowest BCUT2D eigenvalue weighted by molar-refractivity contribution is 0.0968. The molecular formula is C13H19NO2. The minimum Gasteiger partial charge on any atom is -0.496 e. The molecule has 0 fully saturated rings. The molecule has 0 aliphatic carbocycles. The predicted molar refractivity (Wildman–Crippen MR) is 65.1 cm³/mol. The maximum absolute atomic E-state index is 11.8. The van der Waals surface area contributed by atoms with Gasteiger partial charge in [0, 0.05) is 5.56 Å². The summed E-state index contributed by atoms with van der Waals surface area (Å²) in [4.78, 5) is 11.8. The average molecular weight is 221 g/mol. The van der Waals surface area contributed by atoms with E-state index in [1.165, 1.54) is 0 Å². The van der Waals surface area contributed by atoms with Gasteiger partial charge in [0.15, 0.2) is 5.78 Å². The van der Waals surface area contributed by atoms with Crippen molar-refractivity contribution in [3.63, 3.8) is 0 Å². The van der Waals surface area contributed by atoms with E-state index in [0.29, 0.717) is 11.5 Å². The zero-order valence-corrected chi connectivity index (χ0v) is 10.3. The number of ether oxygens (including phenoxy) is 1. The summed E-state index contributed by atoms with van der Waals surface area (Å²) in [5, 5.41) is 0. The molecule has 0 bridgehead atoms. The van der Waals surface area contributed by atoms with Crippen molar-refractivity contribution < 1.29 is 9.53 Å². The summed E-state index contributed by atoms with van der Waals surface area (Å²) in [6.45, 7) is 5.83. The van der Waals surface area contributed by atoms with Crippen LogP contribution in [-0.4, -0.2) is 18.9 Å². The molecular weight excluding hydrogens is 202 g/mol. The Morgan fingerprint density at radius 3 is 2.38 bits per heavy atom. The summed E-state index contributed by atoms with van der Waals surface area (Å²) in [7, 11) is 1.63. The van der Waals surface area contributed by atoms with E-state index in [1.54, 1.807) is 20.1 Å². The summed E-state index contributed by atoms with van der Waals surface area (Å²) in [6, 6.07) is 4.99. The molecule has 3 heteroatoms. The highest BCUT2D eigenvalue weighted by Gasteiger charge is 2.14. The largest absolute Gasteiger partial charge is 0.496 e. The van der Waals surface area contributed by atoms with Crippen LogP contribution in [0, 0.1) is 0 Å². The van der Waals surface area contributed by atoms with Crippen molar-refractivity contribution in [1.29, 1.82) is 0 Å². The van der Waals surface area contributed by atoms with Crippen molar-refractivity contribution in [2.45, 2.75) is 32.7 Å². The quantitative estimate of drug-likeness (QED) is 0.794. The molecule has 16 heavy (non-hydrogen) atoms. The van der Waals surface area contributed by atoms with E-state index < -0.39 is 6.04 Å². The van der Waals surface area contributed by atoms with E-state index in [2.05, 4.69) is 13.8 Å². The van der Waals surface area contributed by atoms with Crippen LogP contribution in [-0.2, 0) is 0 Å². The van der Waals surface area contributed by atoms with Crippen molar-refractivity contribution in [2.75, 3.05) is 7.11 Å². The van der Waals surface area contributed by atoms with Crippen LogP contribution in [0.1, 0.15) is 42.6 Å². The highest BCUT2D eigenvalue weighted by atomic mass is 16.5. The maximum Gasteiger partial charge on any atom is 0.179 e. The first kappa shape index (κ1) is 12.7. The Kier molecular flexibility index (Phi) is 4.07. The summed E-state index contributed by atoms with van der Waals surface area (Å²) in [5.74, 6) is 1.09. The molecule has 0 saturated heterocycles. The van der Waals surface area contributed by atoms with Gasteiger partial charge >= 0.3 is 0 Å². The van der Waals surface area contributed by atoms with E-state index in [-0.39, 0.29) is 5.78 Å². The summed E-state index contributed by atoms with van der Waals surface area (Å²) >= 11 is 0. The van der Waals surface area contributed by atoms with Crippen LogP contribution in [0.2, 0.25) is 0 Å². The minimum atomic E-state index is -0.464. The van der Waals surface area contributed by atoms with Crippen LogP contribution in [0.3, 0.4) is 0 Å². The van der Waals surface area contributed by atoms with Crippen LogP contribution >= 0.6 is 0 Å². The van der Waals surface area contributed by atoms with Gasteiger partial charge < -0.3 is 10.5 Å². The van der Waals surface area contributed by atoms with Gasteiger partial charge in [-0.2, -0.15) is 0 Å². The van der Waals surface area contributed by atoms with E-state index in [9.17, 15) is 4.79 Å². The van der Waals surface area contributed by atoms with Gasteiger partial charge in [0.2, 0.25) is 0 Å². The molecule has 0 amide bonds. The third-order valence-electron chi connectivity index (χ3n) is 2.55. The summed E-state index contributed by atoms with van der Waals surface area (Å²) < 4.78 is 5.26. The van der Waals surface area contributed by atoms with Crippen molar-refractivity contribution in [3.05, 3.63) is 29.3 Å². The van der Waals surface area contributed by atoms with Crippen molar-refractivity contribution in [2.24, 2.45) is 5.73 Å². The second-order valence-corrected chi connectivity index (χ2v) is 4.26. The number of ketones is 1. The van der Waals surface area contributed by atoms with Crippen molar-refractivity contribution >= 4 is 5.78 Å². The van der Waals surface area contributed by atoms with Gasteiger partial charge in [-0.05, 0) is 36.6 Å². The number of Topliss-reactive ketones (excluding diaryl/α,β-unsaturated/α-hetero) is 1. The first-order valence-corrected chi connectivity index (χ1v) is 5.45. The van der Waals surface area contributed by atoms with Gasteiger partial charge in [-0.15, -0.1) is 0 Å². The van der Waals surface area contributed by atoms with E-state index in [1.807, 2.05) is 12.1 Å². The normalized spacial score (nSPS) is 12.6. The zero-order valence-electron chi connectivity index (χ0n) is 10.3. The highest BCUT2D eigenvalue weighted by molar-refractivity contribution is 6.00. The van der Waals surface area contributed by atoms with Crippen LogP contribution in [0.5, 0.6) is 5.75 Å². The molecule has 0 saturated carbocycles. The van der Waals surface area contributed by atoms with Crippen LogP contribution in [0.25, 0.3) is 0 Å². The SMILES string of the molecule is COc1ccc(C(=O)C(C)N)cc1C(C)C. The highest BCUT2D eigenvalue weighted by Crippen LogP contribution is 2.27. The van der Waals surface area contributed by atoms with Gasteiger partial charge in [0.1, 0.15) is 5.75 Å². The van der Waals surface area contributed by atoms with Gasteiger partial charge in [-0.1, -0.05) is 13.8 Å². The first-order chi connectivity index (χ1) is 7.47. The molecule has 2 N–H and O–H groups in total. The van der Waals surface area contributed by atoms with E-state index in [0.717, 1.165) is 11.3 Å². The molecule has 0 aliphatic rings. The molecule has 0 spiro atoms. The third-order valence-corrected chi connectivity index (χ3v) is 2.55. The van der Waals surface area contributed by atoms with Gasteiger partial charge in [0.05, 0.1) is 13.2 Å². The molecule has 1 aromatic rings. The van der Waals surface area contributed by atoms with Crippen molar-refractivity contribution in [1.82, 2.24) is 0 Å². The molecule has 1 aromatic carbocycles. The number of carbonyl (C=O) groups excluding carboxylic acids is 1. The topological polar surface area (TPSA) is 52.3 Å². The Morgan fingerprint density at radius 1 is 1.31 bits per heavy atom. The molecule has 0 heterocycles. The predicted octanol–water partition coefficient (Wildman–Crippen LogP) is 2.35. The van der Waals surface area contributed by atoms with E-state index in [4.69, 9.17) is 10.5 Å². The van der Waals surface area contributed by atoms with Crippen LogP contribution in [0.15, 0.2) is 18.2 Å². The second-order valence-electron chi connectivity index (χ2n) is 4.26. The fraction of sp³-hybridized carbons (Fsp3) is 0.462. The smallest absolute Gasteiger partial charge is 0.179 e. The van der Waals surface area contributed by atoms with Gasteiger partial charge in [0.25, 0.3) is 0 Å². The number of hydrogen-bond acceptors (Lipinski definition) is 3. The Bertz CT molecular complexity index is 384. The lowest BCUT2D eigenvalue weighted by Crippen LogP contribution is -2.26. The lowest BCUT2D eigenvalue weighted by Gasteiger charge is -2.13. The fourth-order valence-electron chi connectivity index (χ4n) is 1.60. The molecule has 1 rings (SSSR count). The zero-order chi connectivity index (χ0) is 12.3. The van der Waals surface area contributed by atoms with Crippen molar-refractivity contribution in [3.8, 4) is 5.75 Å². The minimum absolute atomic E-state index is 0.0375. The monoisotopic (exact) mass is 221 g/mol. The number of carbonyl (C=O) groups is 1. The number of methoxy groups -OCH3 is 1. The average Bonchev–Trinajstić information content (AvgIpc) is 2.26. The molecule has 0 aromatic heterocycles. The molecule has 1 atom stereocenters. The Balaban J connectivity index is 3.17. The maximum atomic E-state index is 11.8. The number of nitrogens with two attached hydrogens (primary N) is 1. The fourth-order valence-corrected chi connectivity index (χ4v) is 1.60. The molecule has 1 unspecified atom stereocenters. The Morgan fingerprint density at radius 2 is 1.94 bits per heavy atom. The van der Waals surface area contributed by atoms with Crippen LogP contribution in [0.4, 0.5) is 0 Å². The third kappa shape index (κ3) is 2.61. The molecule has 88 valence electrons. The summed E-state index contributed by atoms with van der Waals surface area (Å²) in [5.41, 5.74) is 7.27. The van der Waals surface area contributed by atoms with E-state index >= 15 is 0 Å². The Labute approximate surface area is 96.6 Å². The molecule has 0 radical (unpaired) electrons. The number of benzene rings is 1. The van der Waals surface area contributed by atoms with Crippen LogP contribution < -0.4 is 10.5 Å². The first-order valence-electron chi connectivity index (χ1n) is 5.45. The standard InChI is InChI=1S/C13H19NO2/c1-8(2)11-7-10(13(15)9(3)14)5-6-12(11)16-4/h5-9H,14H2,1-4H3. The molecule has 3 nitrogen and oxygen atoms in total. The Hall–Kier alpha value is -1.35. The lowest BCUT2D eigenvalue weighted by atomic mass is 9.96. The van der Waals surface area contributed by atoms with Gasteiger partial charge in [-0.3, -0.25) is 4.79 Å².